The van der Waals surface area contributed by atoms with Gasteiger partial charge in [-0.15, -0.1) is 4.48 Å². The molecule has 4 aliphatic heterocycles. The Bertz CT molecular complexity index is 1920. The second-order valence-corrected chi connectivity index (χ2v) is 15.9. The third-order valence-electron chi connectivity index (χ3n) is 12.0. The Morgan fingerprint density at radius 3 is 2.36 bits per heavy atom. The summed E-state index contributed by atoms with van der Waals surface area (Å²) in [5.74, 6) is -1.87. The number of likely N-dealkylation sites (tertiary alicyclic amines) is 1. The van der Waals surface area contributed by atoms with E-state index in [-0.39, 0.29) is 48.4 Å². The fraction of sp³-hybridized carbons (Fsp3) is 0.548. The van der Waals surface area contributed by atoms with Crippen LogP contribution in [0.4, 0.5) is 40.7 Å². The lowest BCUT2D eigenvalue weighted by atomic mass is 9.90. The first-order valence-corrected chi connectivity index (χ1v) is 20.8. The average Bonchev–Trinajstić information content (AvgIpc) is 3.26. The zero-order chi connectivity index (χ0) is 41.3. The number of morpholine rings is 1. The van der Waals surface area contributed by atoms with Gasteiger partial charge in [0.2, 0.25) is 17.7 Å². The lowest BCUT2D eigenvalue weighted by molar-refractivity contribution is -0.133. The summed E-state index contributed by atoms with van der Waals surface area (Å²) in [6, 6.07) is 11.5. The molecular weight excluding hydrogens is 771 g/mol. The van der Waals surface area contributed by atoms with Gasteiger partial charge in [0.1, 0.15) is 23.7 Å². The van der Waals surface area contributed by atoms with Crippen molar-refractivity contribution in [2.45, 2.75) is 88.5 Å². The number of imide groups is 1. The highest BCUT2D eigenvalue weighted by molar-refractivity contribution is 6.01. The summed E-state index contributed by atoms with van der Waals surface area (Å²) in [5, 5.41) is 8.50. The van der Waals surface area contributed by atoms with Crippen molar-refractivity contribution in [1.82, 2.24) is 25.5 Å². The van der Waals surface area contributed by atoms with E-state index in [1.54, 1.807) is 23.1 Å². The second-order valence-electron chi connectivity index (χ2n) is 15.9. The maximum absolute atomic E-state index is 15.4. The van der Waals surface area contributed by atoms with Crippen molar-refractivity contribution in [2.75, 3.05) is 73.1 Å². The van der Waals surface area contributed by atoms with Gasteiger partial charge in [-0.1, -0.05) is 31.4 Å². The van der Waals surface area contributed by atoms with Crippen molar-refractivity contribution in [1.29, 1.82) is 0 Å². The van der Waals surface area contributed by atoms with E-state index in [1.165, 1.54) is 30.9 Å². The summed E-state index contributed by atoms with van der Waals surface area (Å²) in [5.41, 5.74) is 3.73. The molecule has 5 heterocycles. The van der Waals surface area contributed by atoms with Crippen LogP contribution in [0, 0.1) is 17.6 Å². The van der Waals surface area contributed by atoms with Crippen molar-refractivity contribution in [2.24, 2.45) is 5.92 Å². The van der Waals surface area contributed by atoms with Crippen molar-refractivity contribution in [3.8, 4) is 11.3 Å². The molecule has 0 radical (unpaired) electrons. The number of hydrogen-bond acceptors (Lipinski definition) is 11. The molecule has 3 atom stereocenters. The fourth-order valence-electron chi connectivity index (χ4n) is 8.75. The Balaban J connectivity index is 0.000000212. The predicted molar refractivity (Wildman–Crippen MR) is 216 cm³/mol. The molecule has 1 saturated carbocycles. The number of halogens is 4. The molecule has 13 nitrogen and oxygen atoms in total. The number of benzene rings is 2. The van der Waals surface area contributed by atoms with Crippen LogP contribution in [-0.4, -0.2) is 109 Å². The number of carbonyl (C=O) groups excluding carboxylic acids is 3. The van der Waals surface area contributed by atoms with Gasteiger partial charge in [-0.05, 0) is 81.9 Å². The summed E-state index contributed by atoms with van der Waals surface area (Å²) < 4.78 is 61.9. The molecule has 4 N–H and O–H groups in total. The molecule has 3 amide bonds. The molecule has 3 aromatic rings. The van der Waals surface area contributed by atoms with Gasteiger partial charge in [0.25, 0.3) is 5.95 Å². The van der Waals surface area contributed by atoms with Crippen molar-refractivity contribution in [3.05, 3.63) is 60.3 Å². The zero-order valence-electron chi connectivity index (χ0n) is 33.1. The zero-order valence-corrected chi connectivity index (χ0v) is 33.1. The van der Waals surface area contributed by atoms with E-state index >= 15 is 8.78 Å². The number of piperidine rings is 3. The van der Waals surface area contributed by atoms with Crippen LogP contribution in [0.15, 0.2) is 48.7 Å². The van der Waals surface area contributed by atoms with Crippen molar-refractivity contribution >= 4 is 40.7 Å². The highest BCUT2D eigenvalue weighted by Crippen LogP contribution is 2.32. The Hall–Kier alpha value is -5.03. The number of nitrogens with zero attached hydrogens (tertiary/aromatic N) is 5. The number of alkyl halides is 1. The van der Waals surface area contributed by atoms with E-state index in [2.05, 4.69) is 35.7 Å². The molecule has 1 aliphatic carbocycles. The Labute approximate surface area is 341 Å². The minimum atomic E-state index is -1.11. The number of ether oxygens (including phenoxy) is 1. The minimum absolute atomic E-state index is 0.00715. The SMILES string of the molecule is FNc1ncc(F)c(-c2cccc(N3CCOCC3)c2)n1.O=C1CCC(Nc2ccc(N3CCC(N4CCC(C(=O)NC5CCCCC5)CC4)C(F)C3)c(F)c2)C(=O)N1. The largest absolute Gasteiger partial charge is 0.378 e. The summed E-state index contributed by atoms with van der Waals surface area (Å²) >= 11 is 0. The molecule has 8 rings (SSSR count). The van der Waals surface area contributed by atoms with Crippen LogP contribution in [0.1, 0.15) is 64.2 Å². The van der Waals surface area contributed by atoms with E-state index in [1.807, 2.05) is 18.2 Å². The van der Waals surface area contributed by atoms with Gasteiger partial charge in [0.15, 0.2) is 5.82 Å². The molecule has 318 valence electrons. The maximum Gasteiger partial charge on any atom is 0.252 e. The van der Waals surface area contributed by atoms with Gasteiger partial charge in [0, 0.05) is 61.0 Å². The standard InChI is InChI=1S/C28H39F2N5O3.C14H14F2N4O/c29-21-16-20(31-23-7-9-26(36)33-28(23)38)6-8-24(21)35-15-12-25(22(30)17-35)34-13-10-18(11-14-34)27(37)32-19-4-2-1-3-5-19;15-12-9-17-14(19-16)18-13(12)10-2-1-3-11(8-10)20-4-6-21-7-5-20/h6,8,16,18-19,22-23,25,31H,1-5,7,9-15,17H2,(H,32,37)(H,33,36,38);1-3,8-9H,4-7H2,(H,17,18,19). The van der Waals surface area contributed by atoms with Crippen LogP contribution < -0.4 is 31.3 Å². The topological polar surface area (TPSA) is 144 Å². The number of hydrogen-bond donors (Lipinski definition) is 4. The van der Waals surface area contributed by atoms with Crippen LogP contribution >= 0.6 is 0 Å². The van der Waals surface area contributed by atoms with E-state index in [0.29, 0.717) is 68.7 Å². The first-order valence-electron chi connectivity index (χ1n) is 20.8. The van der Waals surface area contributed by atoms with E-state index in [0.717, 1.165) is 50.7 Å². The molecular formula is C42H53F4N9O4. The van der Waals surface area contributed by atoms with Crippen LogP contribution in [0.5, 0.6) is 0 Å². The predicted octanol–water partition coefficient (Wildman–Crippen LogP) is 5.54. The van der Waals surface area contributed by atoms with Crippen molar-refractivity contribution < 1.29 is 36.8 Å². The van der Waals surface area contributed by atoms with Gasteiger partial charge in [-0.2, -0.15) is 5.54 Å². The molecule has 0 spiro atoms. The Morgan fingerprint density at radius 2 is 1.64 bits per heavy atom. The number of carbonyl (C=O) groups is 3. The molecule has 59 heavy (non-hydrogen) atoms. The van der Waals surface area contributed by atoms with Gasteiger partial charge < -0.3 is 25.2 Å². The molecule has 1 aromatic heterocycles. The van der Waals surface area contributed by atoms with Crippen LogP contribution in [0.2, 0.25) is 0 Å². The fourth-order valence-corrected chi connectivity index (χ4v) is 8.75. The number of amides is 3. The summed E-state index contributed by atoms with van der Waals surface area (Å²) in [7, 11) is 0. The molecule has 5 fully saturated rings. The normalized spacial score (nSPS) is 23.5. The Kier molecular flexibility index (Phi) is 14.1. The molecule has 2 aromatic carbocycles. The van der Waals surface area contributed by atoms with Crippen LogP contribution in [-0.2, 0) is 19.1 Å². The van der Waals surface area contributed by atoms with Crippen molar-refractivity contribution in [3.63, 3.8) is 0 Å². The van der Waals surface area contributed by atoms with Gasteiger partial charge in [-0.25, -0.2) is 23.1 Å². The first-order chi connectivity index (χ1) is 28.6. The lowest BCUT2D eigenvalue weighted by Gasteiger charge is -2.44. The van der Waals surface area contributed by atoms with Gasteiger partial charge >= 0.3 is 0 Å². The third-order valence-corrected chi connectivity index (χ3v) is 12.0. The number of anilines is 4. The van der Waals surface area contributed by atoms with Gasteiger partial charge in [0.05, 0.1) is 31.6 Å². The molecule has 4 saturated heterocycles. The minimum Gasteiger partial charge on any atom is -0.378 e. The summed E-state index contributed by atoms with van der Waals surface area (Å²) in [6.07, 6.45) is 8.31. The highest BCUT2D eigenvalue weighted by atomic mass is 19.2. The number of rotatable bonds is 9. The number of nitrogens with one attached hydrogen (secondary N) is 4. The van der Waals surface area contributed by atoms with Gasteiger partial charge in [-0.3, -0.25) is 24.6 Å². The molecule has 5 aliphatic rings. The lowest BCUT2D eigenvalue weighted by Crippen LogP contribution is -2.55. The van der Waals surface area contributed by atoms with E-state index < -0.39 is 29.8 Å². The highest BCUT2D eigenvalue weighted by Gasteiger charge is 2.37. The molecule has 17 heteroatoms. The second kappa shape index (κ2) is 19.8. The average molecular weight is 824 g/mol. The van der Waals surface area contributed by atoms with E-state index in [4.69, 9.17) is 4.74 Å². The summed E-state index contributed by atoms with van der Waals surface area (Å²) in [6.45, 7) is 4.99. The van der Waals surface area contributed by atoms with E-state index in [9.17, 15) is 23.3 Å². The quantitative estimate of drug-likeness (QED) is 0.123. The van der Waals surface area contributed by atoms with Crippen LogP contribution in [0.25, 0.3) is 11.3 Å². The Morgan fingerprint density at radius 1 is 0.864 bits per heavy atom. The maximum atomic E-state index is 15.4. The monoisotopic (exact) mass is 823 g/mol. The summed E-state index contributed by atoms with van der Waals surface area (Å²) in [4.78, 5) is 49.4. The third kappa shape index (κ3) is 10.8. The first kappa shape index (κ1) is 42.1. The van der Waals surface area contributed by atoms with Crippen LogP contribution in [0.3, 0.4) is 0 Å². The smallest absolute Gasteiger partial charge is 0.252 e. The molecule has 3 unspecified atom stereocenters. The molecule has 0 bridgehead atoms. The number of aromatic nitrogens is 2.